The summed E-state index contributed by atoms with van der Waals surface area (Å²) in [7, 11) is 1.80. The zero-order chi connectivity index (χ0) is 11.8. The average Bonchev–Trinajstić information content (AvgIpc) is 2.30. The molecule has 1 unspecified atom stereocenters. The van der Waals surface area contributed by atoms with Crippen LogP contribution in [0.4, 0.5) is 0 Å². The fourth-order valence-electron chi connectivity index (χ4n) is 1.67. The smallest absolute Gasteiger partial charge is 0.0609 e. The number of ether oxygens (including phenoxy) is 1. The Balaban J connectivity index is 2.37. The molecule has 88 valence electrons. The highest BCUT2D eigenvalue weighted by Crippen LogP contribution is 2.11. The standard InChI is InChI=1S/C15H22O/c1-13(2)9-11-15(16-3)12-10-14-7-5-4-6-8-14/h4-9,15H,10-12H2,1-3H3. The lowest BCUT2D eigenvalue weighted by atomic mass is 10.0. The molecule has 1 aromatic rings. The van der Waals surface area contributed by atoms with Crippen LogP contribution in [-0.2, 0) is 11.2 Å². The number of aryl methyl sites for hydroxylation is 1. The van der Waals surface area contributed by atoms with Gasteiger partial charge in [-0.3, -0.25) is 0 Å². The van der Waals surface area contributed by atoms with Crippen LogP contribution >= 0.6 is 0 Å². The minimum absolute atomic E-state index is 0.343. The van der Waals surface area contributed by atoms with E-state index in [1.165, 1.54) is 11.1 Å². The molecule has 0 saturated heterocycles. The molecule has 1 atom stereocenters. The van der Waals surface area contributed by atoms with E-state index in [-0.39, 0.29) is 0 Å². The molecule has 1 aromatic carbocycles. The van der Waals surface area contributed by atoms with Gasteiger partial charge in [0.05, 0.1) is 6.10 Å². The Kier molecular flexibility index (Phi) is 5.87. The van der Waals surface area contributed by atoms with Crippen molar-refractivity contribution in [2.75, 3.05) is 7.11 Å². The van der Waals surface area contributed by atoms with E-state index in [4.69, 9.17) is 4.74 Å². The third-order valence-electron chi connectivity index (χ3n) is 2.72. The number of hydrogen-bond donors (Lipinski definition) is 0. The molecule has 0 aliphatic heterocycles. The summed E-state index contributed by atoms with van der Waals surface area (Å²) >= 11 is 0. The summed E-state index contributed by atoms with van der Waals surface area (Å²) in [6, 6.07) is 10.6. The van der Waals surface area contributed by atoms with Gasteiger partial charge in [-0.15, -0.1) is 0 Å². The fraction of sp³-hybridized carbons (Fsp3) is 0.467. The molecule has 0 saturated carbocycles. The van der Waals surface area contributed by atoms with Crippen LogP contribution in [0.25, 0.3) is 0 Å². The van der Waals surface area contributed by atoms with Gasteiger partial charge < -0.3 is 4.74 Å². The van der Waals surface area contributed by atoms with Gasteiger partial charge in [-0.25, -0.2) is 0 Å². The highest BCUT2D eigenvalue weighted by Gasteiger charge is 2.05. The van der Waals surface area contributed by atoms with Crippen molar-refractivity contribution in [1.82, 2.24) is 0 Å². The van der Waals surface area contributed by atoms with Gasteiger partial charge in [-0.05, 0) is 38.7 Å². The predicted molar refractivity (Wildman–Crippen MR) is 69.6 cm³/mol. The minimum atomic E-state index is 0.343. The Hall–Kier alpha value is -1.08. The first-order chi connectivity index (χ1) is 7.72. The van der Waals surface area contributed by atoms with Gasteiger partial charge in [0.25, 0.3) is 0 Å². The highest BCUT2D eigenvalue weighted by molar-refractivity contribution is 5.14. The van der Waals surface area contributed by atoms with Crippen LogP contribution < -0.4 is 0 Å². The molecule has 0 aromatic heterocycles. The van der Waals surface area contributed by atoms with E-state index in [0.717, 1.165) is 19.3 Å². The van der Waals surface area contributed by atoms with E-state index < -0.39 is 0 Å². The lowest BCUT2D eigenvalue weighted by Gasteiger charge is -2.13. The number of allylic oxidation sites excluding steroid dienone is 1. The van der Waals surface area contributed by atoms with Gasteiger partial charge in [0, 0.05) is 7.11 Å². The van der Waals surface area contributed by atoms with Gasteiger partial charge in [0.1, 0.15) is 0 Å². The van der Waals surface area contributed by atoms with E-state index in [1.54, 1.807) is 7.11 Å². The maximum Gasteiger partial charge on any atom is 0.0609 e. The summed E-state index contributed by atoms with van der Waals surface area (Å²) in [5.41, 5.74) is 2.75. The monoisotopic (exact) mass is 218 g/mol. The maximum atomic E-state index is 5.48. The molecule has 16 heavy (non-hydrogen) atoms. The molecule has 0 N–H and O–H groups in total. The molecule has 0 spiro atoms. The second-order valence-electron chi connectivity index (χ2n) is 4.40. The Bertz CT molecular complexity index is 309. The first kappa shape index (κ1) is 13.0. The molecule has 0 aliphatic rings. The van der Waals surface area contributed by atoms with Crippen molar-refractivity contribution in [3.63, 3.8) is 0 Å². The largest absolute Gasteiger partial charge is 0.381 e. The minimum Gasteiger partial charge on any atom is -0.381 e. The van der Waals surface area contributed by atoms with E-state index in [1.807, 2.05) is 0 Å². The maximum absolute atomic E-state index is 5.48. The first-order valence-electron chi connectivity index (χ1n) is 5.92. The first-order valence-corrected chi connectivity index (χ1v) is 5.92. The molecule has 0 radical (unpaired) electrons. The van der Waals surface area contributed by atoms with Gasteiger partial charge >= 0.3 is 0 Å². The van der Waals surface area contributed by atoms with Crippen LogP contribution in [0.5, 0.6) is 0 Å². The van der Waals surface area contributed by atoms with Gasteiger partial charge in [0.2, 0.25) is 0 Å². The Morgan fingerprint density at radius 3 is 2.50 bits per heavy atom. The lowest BCUT2D eigenvalue weighted by molar-refractivity contribution is 0.0979. The SMILES string of the molecule is COC(CC=C(C)C)CCc1ccccc1. The van der Waals surface area contributed by atoms with Crippen molar-refractivity contribution in [3.8, 4) is 0 Å². The molecule has 0 heterocycles. The summed E-state index contributed by atoms with van der Waals surface area (Å²) in [5.74, 6) is 0. The van der Waals surface area contributed by atoms with Crippen LogP contribution in [0.1, 0.15) is 32.3 Å². The molecule has 0 amide bonds. The number of rotatable bonds is 6. The van der Waals surface area contributed by atoms with Crippen LogP contribution in [-0.4, -0.2) is 13.2 Å². The molecular formula is C15H22O. The van der Waals surface area contributed by atoms with Crippen molar-refractivity contribution in [2.45, 2.75) is 39.2 Å². The van der Waals surface area contributed by atoms with Gasteiger partial charge in [-0.2, -0.15) is 0 Å². The lowest BCUT2D eigenvalue weighted by Crippen LogP contribution is -2.10. The molecule has 0 aliphatic carbocycles. The third-order valence-corrected chi connectivity index (χ3v) is 2.72. The van der Waals surface area contributed by atoms with Gasteiger partial charge in [-0.1, -0.05) is 42.0 Å². The number of hydrogen-bond acceptors (Lipinski definition) is 1. The van der Waals surface area contributed by atoms with E-state index in [0.29, 0.717) is 6.10 Å². The summed E-state index contributed by atoms with van der Waals surface area (Å²) < 4.78 is 5.48. The Labute approximate surface area is 99.1 Å². The van der Waals surface area contributed by atoms with Gasteiger partial charge in [0.15, 0.2) is 0 Å². The average molecular weight is 218 g/mol. The Morgan fingerprint density at radius 1 is 1.25 bits per heavy atom. The Morgan fingerprint density at radius 2 is 1.94 bits per heavy atom. The van der Waals surface area contributed by atoms with Crippen molar-refractivity contribution in [2.24, 2.45) is 0 Å². The van der Waals surface area contributed by atoms with Crippen molar-refractivity contribution in [3.05, 3.63) is 47.5 Å². The molecule has 1 rings (SSSR count). The van der Waals surface area contributed by atoms with Crippen LogP contribution in [0.3, 0.4) is 0 Å². The van der Waals surface area contributed by atoms with Crippen LogP contribution in [0.15, 0.2) is 42.0 Å². The van der Waals surface area contributed by atoms with E-state index in [9.17, 15) is 0 Å². The summed E-state index contributed by atoms with van der Waals surface area (Å²) in [5, 5.41) is 0. The molecule has 0 fully saturated rings. The van der Waals surface area contributed by atoms with Crippen LogP contribution in [0, 0.1) is 0 Å². The second kappa shape index (κ2) is 7.24. The predicted octanol–water partition coefficient (Wildman–Crippen LogP) is 3.99. The number of benzene rings is 1. The van der Waals surface area contributed by atoms with Crippen LogP contribution in [0.2, 0.25) is 0 Å². The topological polar surface area (TPSA) is 9.23 Å². The molecule has 0 bridgehead atoms. The normalized spacial score (nSPS) is 12.2. The summed E-state index contributed by atoms with van der Waals surface area (Å²) in [4.78, 5) is 0. The molecular weight excluding hydrogens is 196 g/mol. The zero-order valence-electron chi connectivity index (χ0n) is 10.6. The zero-order valence-corrected chi connectivity index (χ0v) is 10.6. The van der Waals surface area contributed by atoms with E-state index >= 15 is 0 Å². The quantitative estimate of drug-likeness (QED) is 0.656. The van der Waals surface area contributed by atoms with E-state index in [2.05, 4.69) is 50.3 Å². The highest BCUT2D eigenvalue weighted by atomic mass is 16.5. The molecule has 1 heteroatoms. The van der Waals surface area contributed by atoms with Crippen molar-refractivity contribution >= 4 is 0 Å². The van der Waals surface area contributed by atoms with Crippen molar-refractivity contribution in [1.29, 1.82) is 0 Å². The molecule has 1 nitrogen and oxygen atoms in total. The summed E-state index contributed by atoms with van der Waals surface area (Å²) in [6.07, 6.45) is 5.79. The van der Waals surface area contributed by atoms with Crippen molar-refractivity contribution < 1.29 is 4.74 Å². The third kappa shape index (κ3) is 5.13. The summed E-state index contributed by atoms with van der Waals surface area (Å²) in [6.45, 7) is 4.26. The fourth-order valence-corrected chi connectivity index (χ4v) is 1.67. The second-order valence-corrected chi connectivity index (χ2v) is 4.40. The number of methoxy groups -OCH3 is 1.